The van der Waals surface area contributed by atoms with Crippen molar-refractivity contribution < 1.29 is 37.0 Å². The Labute approximate surface area is 196 Å². The van der Waals surface area contributed by atoms with Gasteiger partial charge in [0.05, 0.1) is 5.41 Å². The van der Waals surface area contributed by atoms with Crippen LogP contribution >= 0.6 is 0 Å². The average molecular weight is 489 g/mol. The Morgan fingerprint density at radius 1 is 1.18 bits per heavy atom. The van der Waals surface area contributed by atoms with Crippen molar-refractivity contribution in [1.29, 1.82) is 0 Å². The molecule has 10 heteroatoms. The summed E-state index contributed by atoms with van der Waals surface area (Å²) < 4.78 is 57.6. The Bertz CT molecular complexity index is 907. The van der Waals surface area contributed by atoms with Gasteiger partial charge >= 0.3 is 18.2 Å². The molecule has 2 fully saturated rings. The van der Waals surface area contributed by atoms with Crippen molar-refractivity contribution in [3.8, 4) is 0 Å². The van der Waals surface area contributed by atoms with E-state index in [9.17, 15) is 27.9 Å². The molecule has 1 saturated carbocycles. The van der Waals surface area contributed by atoms with E-state index in [0.717, 1.165) is 19.8 Å². The van der Waals surface area contributed by atoms with E-state index in [0.29, 0.717) is 37.8 Å². The molecule has 1 saturated heterocycles. The van der Waals surface area contributed by atoms with Gasteiger partial charge in [-0.25, -0.2) is 9.18 Å². The monoisotopic (exact) mass is 488 g/mol. The SMILES string of the molecule is CC(OC(=O)N1CCC(C)(N(C)Cc2cccc(F)c2C2(C(=O)O)CCCC2)CC1)C(F)(F)F. The lowest BCUT2D eigenvalue weighted by Crippen LogP contribution is -2.53. The molecule has 190 valence electrons. The number of carbonyl (C=O) groups is 2. The number of alkyl halides is 3. The van der Waals surface area contributed by atoms with Crippen LogP contribution in [0.15, 0.2) is 18.2 Å². The summed E-state index contributed by atoms with van der Waals surface area (Å²) in [6.45, 7) is 3.53. The number of carboxylic acids is 1. The predicted octanol–water partition coefficient (Wildman–Crippen LogP) is 5.10. The van der Waals surface area contributed by atoms with Crippen LogP contribution in [-0.2, 0) is 21.5 Å². The summed E-state index contributed by atoms with van der Waals surface area (Å²) in [7, 11) is 1.86. The first-order valence-corrected chi connectivity index (χ1v) is 11.5. The topological polar surface area (TPSA) is 70.1 Å². The van der Waals surface area contributed by atoms with Crippen LogP contribution in [0.1, 0.15) is 63.5 Å². The summed E-state index contributed by atoms with van der Waals surface area (Å²) in [6, 6.07) is 4.64. The van der Waals surface area contributed by atoms with Crippen LogP contribution in [0.4, 0.5) is 22.4 Å². The highest BCUT2D eigenvalue weighted by molar-refractivity contribution is 5.82. The zero-order valence-electron chi connectivity index (χ0n) is 19.8. The molecule has 1 amide bonds. The number of ether oxygens (including phenoxy) is 1. The molecule has 3 rings (SSSR count). The van der Waals surface area contributed by atoms with Gasteiger partial charge in [-0.05, 0) is 58.2 Å². The summed E-state index contributed by atoms with van der Waals surface area (Å²) in [5.41, 5.74) is -0.779. The van der Waals surface area contributed by atoms with E-state index in [1.165, 1.54) is 11.0 Å². The molecule has 0 spiro atoms. The first kappa shape index (κ1) is 26.2. The fourth-order valence-electron chi connectivity index (χ4n) is 5.08. The summed E-state index contributed by atoms with van der Waals surface area (Å²) in [6.07, 6.45) is -4.59. The van der Waals surface area contributed by atoms with Gasteiger partial charge in [0.25, 0.3) is 0 Å². The van der Waals surface area contributed by atoms with Crippen molar-refractivity contribution >= 4 is 12.1 Å². The molecule has 0 bridgehead atoms. The number of amides is 1. The van der Waals surface area contributed by atoms with Crippen molar-refractivity contribution in [2.45, 2.75) is 82.2 Å². The number of hydrogen-bond acceptors (Lipinski definition) is 4. The van der Waals surface area contributed by atoms with Crippen LogP contribution < -0.4 is 0 Å². The Hall–Kier alpha value is -2.36. The van der Waals surface area contributed by atoms with Crippen LogP contribution in [0.5, 0.6) is 0 Å². The number of nitrogens with zero attached hydrogens (tertiary/aromatic N) is 2. The second-order valence-corrected chi connectivity index (χ2v) is 9.78. The van der Waals surface area contributed by atoms with Gasteiger partial charge in [0.1, 0.15) is 5.82 Å². The summed E-state index contributed by atoms with van der Waals surface area (Å²) in [4.78, 5) is 27.6. The largest absolute Gasteiger partial charge is 0.481 e. The van der Waals surface area contributed by atoms with E-state index in [1.54, 1.807) is 12.1 Å². The molecule has 1 aliphatic heterocycles. The van der Waals surface area contributed by atoms with Gasteiger partial charge in [-0.3, -0.25) is 9.69 Å². The lowest BCUT2D eigenvalue weighted by molar-refractivity contribution is -0.200. The number of halogens is 4. The molecular weight excluding hydrogens is 456 g/mol. The van der Waals surface area contributed by atoms with E-state index >= 15 is 4.39 Å². The first-order valence-electron chi connectivity index (χ1n) is 11.5. The highest BCUT2D eigenvalue weighted by atomic mass is 19.4. The first-order chi connectivity index (χ1) is 15.8. The van der Waals surface area contributed by atoms with Crippen LogP contribution in [0.2, 0.25) is 0 Å². The van der Waals surface area contributed by atoms with Gasteiger partial charge in [0.15, 0.2) is 6.10 Å². The molecule has 1 unspecified atom stereocenters. The smallest absolute Gasteiger partial charge is 0.425 e. The zero-order chi connectivity index (χ0) is 25.3. The Kier molecular flexibility index (Phi) is 7.50. The number of aliphatic carboxylic acids is 1. The zero-order valence-corrected chi connectivity index (χ0v) is 19.8. The Morgan fingerprint density at radius 2 is 1.76 bits per heavy atom. The predicted molar refractivity (Wildman–Crippen MR) is 117 cm³/mol. The van der Waals surface area contributed by atoms with E-state index in [4.69, 9.17) is 0 Å². The van der Waals surface area contributed by atoms with Crippen molar-refractivity contribution in [1.82, 2.24) is 9.80 Å². The van der Waals surface area contributed by atoms with E-state index < -0.39 is 41.1 Å². The second-order valence-electron chi connectivity index (χ2n) is 9.78. The number of benzene rings is 1. The standard InChI is InChI=1S/C24H32F4N2O4/c1-16(24(26,27)28)34-21(33)30-13-11-22(2,12-14-30)29(3)15-17-7-6-8-18(25)19(17)23(20(31)32)9-4-5-10-23/h6-8,16H,4-5,9-15H2,1-3H3,(H,31,32). The lowest BCUT2D eigenvalue weighted by atomic mass is 9.76. The number of hydrogen-bond donors (Lipinski definition) is 1. The molecule has 0 radical (unpaired) electrons. The quantitative estimate of drug-likeness (QED) is 0.565. The molecule has 1 atom stereocenters. The molecule has 1 N–H and O–H groups in total. The molecule has 34 heavy (non-hydrogen) atoms. The third kappa shape index (κ3) is 5.16. The van der Waals surface area contributed by atoms with E-state index in [2.05, 4.69) is 4.74 Å². The maximum atomic E-state index is 15.0. The fraction of sp³-hybridized carbons (Fsp3) is 0.667. The molecule has 1 aromatic carbocycles. The Balaban J connectivity index is 1.72. The summed E-state index contributed by atoms with van der Waals surface area (Å²) >= 11 is 0. The molecule has 2 aliphatic rings. The molecular formula is C24H32F4N2O4. The lowest BCUT2D eigenvalue weighted by Gasteiger charge is -2.45. The van der Waals surface area contributed by atoms with Gasteiger partial charge < -0.3 is 14.7 Å². The normalized spacial score (nSPS) is 20.9. The van der Waals surface area contributed by atoms with Crippen LogP contribution in [0, 0.1) is 5.82 Å². The third-order valence-corrected chi connectivity index (χ3v) is 7.61. The Morgan fingerprint density at radius 3 is 2.29 bits per heavy atom. The number of carbonyl (C=O) groups excluding carboxylic acids is 1. The van der Waals surface area contributed by atoms with Gasteiger partial charge in [-0.1, -0.05) is 25.0 Å². The molecule has 1 aliphatic carbocycles. The second kappa shape index (κ2) is 9.71. The van der Waals surface area contributed by atoms with Gasteiger partial charge in [-0.15, -0.1) is 0 Å². The summed E-state index contributed by atoms with van der Waals surface area (Å²) in [5, 5.41) is 9.99. The number of piperidine rings is 1. The van der Waals surface area contributed by atoms with E-state index in [-0.39, 0.29) is 18.7 Å². The third-order valence-electron chi connectivity index (χ3n) is 7.61. The van der Waals surface area contributed by atoms with Crippen molar-refractivity contribution in [2.24, 2.45) is 0 Å². The minimum Gasteiger partial charge on any atom is -0.481 e. The van der Waals surface area contributed by atoms with E-state index in [1.807, 2.05) is 18.9 Å². The molecule has 1 heterocycles. The highest BCUT2D eigenvalue weighted by Crippen LogP contribution is 2.44. The van der Waals surface area contributed by atoms with Crippen LogP contribution in [0.3, 0.4) is 0 Å². The fourth-order valence-corrected chi connectivity index (χ4v) is 5.08. The number of carboxylic acid groups (broad SMARTS) is 1. The van der Waals surface area contributed by atoms with Crippen LogP contribution in [0.25, 0.3) is 0 Å². The minimum absolute atomic E-state index is 0.222. The van der Waals surface area contributed by atoms with Gasteiger partial charge in [0, 0.05) is 30.7 Å². The molecule has 0 aromatic heterocycles. The van der Waals surface area contributed by atoms with Crippen LogP contribution in [-0.4, -0.2) is 64.9 Å². The maximum absolute atomic E-state index is 15.0. The summed E-state index contributed by atoms with van der Waals surface area (Å²) in [5.74, 6) is -1.53. The average Bonchev–Trinajstić information content (AvgIpc) is 3.24. The maximum Gasteiger partial charge on any atom is 0.425 e. The van der Waals surface area contributed by atoms with Gasteiger partial charge in [0.2, 0.25) is 0 Å². The highest BCUT2D eigenvalue weighted by Gasteiger charge is 2.47. The number of rotatable bonds is 6. The molecule has 6 nitrogen and oxygen atoms in total. The van der Waals surface area contributed by atoms with Crippen molar-refractivity contribution in [2.75, 3.05) is 20.1 Å². The van der Waals surface area contributed by atoms with Gasteiger partial charge in [-0.2, -0.15) is 13.2 Å². The minimum atomic E-state index is -4.62. The van der Waals surface area contributed by atoms with Crippen molar-refractivity contribution in [3.63, 3.8) is 0 Å². The number of likely N-dealkylation sites (tertiary alicyclic amines) is 1. The molecule has 1 aromatic rings. The van der Waals surface area contributed by atoms with Crippen molar-refractivity contribution in [3.05, 3.63) is 35.1 Å².